The summed E-state index contributed by atoms with van der Waals surface area (Å²) in [6.45, 7) is 0. The minimum absolute atomic E-state index is 0.0651. The fourth-order valence-electron chi connectivity index (χ4n) is 0.774. The monoisotopic (exact) mass is 235 g/mol. The van der Waals surface area contributed by atoms with Gasteiger partial charge in [0, 0.05) is 5.75 Å². The molecule has 0 aliphatic carbocycles. The van der Waals surface area contributed by atoms with Gasteiger partial charge in [0.15, 0.2) is 0 Å². The molecule has 0 aliphatic rings. The number of nitrogens with one attached hydrogen (secondary N) is 1. The zero-order chi connectivity index (χ0) is 12.0. The van der Waals surface area contributed by atoms with Crippen LogP contribution in [-0.2, 0) is 14.4 Å². The van der Waals surface area contributed by atoms with Gasteiger partial charge in [-0.05, 0) is 0 Å². The van der Waals surface area contributed by atoms with E-state index in [0.29, 0.717) is 0 Å². The van der Waals surface area contributed by atoms with E-state index in [1.807, 2.05) is 0 Å². The van der Waals surface area contributed by atoms with Crippen molar-refractivity contribution in [2.45, 2.75) is 18.5 Å². The summed E-state index contributed by atoms with van der Waals surface area (Å²) < 4.78 is 0. The van der Waals surface area contributed by atoms with Crippen LogP contribution >= 0.6 is 12.6 Å². The summed E-state index contributed by atoms with van der Waals surface area (Å²) in [7, 11) is 0. The van der Waals surface area contributed by atoms with Crippen molar-refractivity contribution in [3.05, 3.63) is 0 Å². The van der Waals surface area contributed by atoms with Gasteiger partial charge in [-0.25, -0.2) is 4.79 Å². The molecule has 0 heterocycles. The van der Waals surface area contributed by atoms with Crippen LogP contribution in [-0.4, -0.2) is 40.7 Å². The smallest absolute Gasteiger partial charge is 0.327 e. The Labute approximate surface area is 91.6 Å². The first kappa shape index (κ1) is 13.7. The van der Waals surface area contributed by atoms with Crippen LogP contribution in [0, 0.1) is 0 Å². The summed E-state index contributed by atoms with van der Waals surface area (Å²) in [5.41, 5.74) is 10.1. The zero-order valence-electron chi connectivity index (χ0n) is 7.84. The van der Waals surface area contributed by atoms with Gasteiger partial charge in [-0.1, -0.05) is 0 Å². The van der Waals surface area contributed by atoms with Crippen LogP contribution in [0.15, 0.2) is 0 Å². The van der Waals surface area contributed by atoms with Gasteiger partial charge in [-0.15, -0.1) is 0 Å². The quantitative estimate of drug-likeness (QED) is 0.329. The molecule has 0 fully saturated rings. The van der Waals surface area contributed by atoms with Gasteiger partial charge in [0.1, 0.15) is 6.04 Å². The maximum absolute atomic E-state index is 11.2. The Bertz CT molecular complexity index is 271. The van der Waals surface area contributed by atoms with Crippen LogP contribution in [0.25, 0.3) is 0 Å². The van der Waals surface area contributed by atoms with E-state index in [4.69, 9.17) is 16.6 Å². The van der Waals surface area contributed by atoms with Crippen molar-refractivity contribution in [2.75, 3.05) is 5.75 Å². The number of carbonyl (C=O) groups is 3. The molecule has 0 aromatic carbocycles. The van der Waals surface area contributed by atoms with Gasteiger partial charge in [0.05, 0.1) is 12.5 Å². The highest BCUT2D eigenvalue weighted by atomic mass is 32.1. The highest BCUT2D eigenvalue weighted by molar-refractivity contribution is 7.80. The minimum atomic E-state index is -1.22. The largest absolute Gasteiger partial charge is 0.480 e. The third-order valence-electron chi connectivity index (χ3n) is 1.56. The van der Waals surface area contributed by atoms with E-state index in [2.05, 4.69) is 17.9 Å². The second kappa shape index (κ2) is 6.25. The summed E-state index contributed by atoms with van der Waals surface area (Å²) in [5, 5.41) is 10.7. The number of hydrogen-bond donors (Lipinski definition) is 5. The standard InChI is InChI=1S/C7H13N3O4S/c8-3(1-5(9)11)6(12)10-4(2-15)7(13)14/h3-4,15H,1-2,8H2,(H2,9,11)(H,10,12)(H,13,14)/t3?,4-/m0/s1. The Balaban J connectivity index is 4.21. The normalized spacial score (nSPS) is 14.0. The first-order valence-electron chi connectivity index (χ1n) is 4.06. The maximum Gasteiger partial charge on any atom is 0.327 e. The Kier molecular flexibility index (Phi) is 5.72. The lowest BCUT2D eigenvalue weighted by Crippen LogP contribution is -2.50. The van der Waals surface area contributed by atoms with Crippen LogP contribution in [0.5, 0.6) is 0 Å². The Morgan fingerprint density at radius 2 is 1.93 bits per heavy atom. The topological polar surface area (TPSA) is 136 Å². The lowest BCUT2D eigenvalue weighted by molar-refractivity contribution is -0.141. The molecule has 0 aromatic heterocycles. The molecular formula is C7H13N3O4S. The van der Waals surface area contributed by atoms with Crippen LogP contribution < -0.4 is 16.8 Å². The Hall–Kier alpha value is -1.28. The van der Waals surface area contributed by atoms with Crippen LogP contribution in [0.3, 0.4) is 0 Å². The van der Waals surface area contributed by atoms with Crippen molar-refractivity contribution in [2.24, 2.45) is 11.5 Å². The number of carboxylic acids is 1. The molecule has 15 heavy (non-hydrogen) atoms. The molecule has 7 nitrogen and oxygen atoms in total. The van der Waals surface area contributed by atoms with Gasteiger partial charge < -0.3 is 21.9 Å². The minimum Gasteiger partial charge on any atom is -0.480 e. The Morgan fingerprint density at radius 1 is 1.40 bits per heavy atom. The zero-order valence-corrected chi connectivity index (χ0v) is 8.74. The molecule has 6 N–H and O–H groups in total. The molecule has 2 atom stereocenters. The second-order valence-electron chi connectivity index (χ2n) is 2.86. The molecule has 86 valence electrons. The van der Waals surface area contributed by atoms with Crippen molar-refractivity contribution in [3.63, 3.8) is 0 Å². The van der Waals surface area contributed by atoms with Gasteiger partial charge >= 0.3 is 5.97 Å². The maximum atomic E-state index is 11.2. The van der Waals surface area contributed by atoms with Gasteiger partial charge in [0.25, 0.3) is 0 Å². The number of thiol groups is 1. The van der Waals surface area contributed by atoms with E-state index in [-0.39, 0.29) is 12.2 Å². The van der Waals surface area contributed by atoms with Crippen LogP contribution in [0.4, 0.5) is 0 Å². The number of primary amides is 1. The number of aliphatic carboxylic acids is 1. The van der Waals surface area contributed by atoms with Crippen molar-refractivity contribution in [1.29, 1.82) is 0 Å². The highest BCUT2D eigenvalue weighted by Gasteiger charge is 2.22. The third kappa shape index (κ3) is 5.23. The summed E-state index contributed by atoms with van der Waals surface area (Å²) in [4.78, 5) is 32.2. The lowest BCUT2D eigenvalue weighted by atomic mass is 10.2. The van der Waals surface area contributed by atoms with Crippen molar-refractivity contribution in [3.8, 4) is 0 Å². The first-order valence-corrected chi connectivity index (χ1v) is 4.69. The highest BCUT2D eigenvalue weighted by Crippen LogP contribution is 1.92. The first-order chi connectivity index (χ1) is 6.88. The van der Waals surface area contributed by atoms with Crippen LogP contribution in [0.1, 0.15) is 6.42 Å². The molecule has 0 spiro atoms. The molecule has 2 amide bonds. The molecule has 0 radical (unpaired) electrons. The van der Waals surface area contributed by atoms with Gasteiger partial charge in [-0.3, -0.25) is 9.59 Å². The van der Waals surface area contributed by atoms with Crippen molar-refractivity contribution in [1.82, 2.24) is 5.32 Å². The van der Waals surface area contributed by atoms with E-state index in [0.717, 1.165) is 0 Å². The van der Waals surface area contributed by atoms with E-state index in [9.17, 15) is 14.4 Å². The van der Waals surface area contributed by atoms with E-state index < -0.39 is 29.9 Å². The average molecular weight is 235 g/mol. The molecular weight excluding hydrogens is 222 g/mol. The molecule has 0 aliphatic heterocycles. The fourth-order valence-corrected chi connectivity index (χ4v) is 1.02. The predicted octanol–water partition coefficient (Wildman–Crippen LogP) is -2.31. The number of carbonyl (C=O) groups excluding carboxylic acids is 2. The van der Waals surface area contributed by atoms with Gasteiger partial charge in [0.2, 0.25) is 11.8 Å². The molecule has 0 bridgehead atoms. The Morgan fingerprint density at radius 3 is 2.27 bits per heavy atom. The second-order valence-corrected chi connectivity index (χ2v) is 3.22. The number of nitrogens with two attached hydrogens (primary N) is 2. The van der Waals surface area contributed by atoms with E-state index in [1.54, 1.807) is 0 Å². The molecule has 0 saturated carbocycles. The number of amides is 2. The number of rotatable bonds is 6. The van der Waals surface area contributed by atoms with E-state index >= 15 is 0 Å². The lowest BCUT2D eigenvalue weighted by Gasteiger charge is -2.15. The average Bonchev–Trinajstić information content (AvgIpc) is 2.11. The SMILES string of the molecule is NC(=O)CC(N)C(=O)N[C@@H](CS)C(=O)O. The molecule has 0 aromatic rings. The van der Waals surface area contributed by atoms with Crippen molar-refractivity contribution < 1.29 is 19.5 Å². The number of carboxylic acid groups (broad SMARTS) is 1. The van der Waals surface area contributed by atoms with Crippen molar-refractivity contribution >= 4 is 30.4 Å². The summed E-state index contributed by atoms with van der Waals surface area (Å²) in [6, 6.07) is -2.26. The molecule has 0 rings (SSSR count). The predicted molar refractivity (Wildman–Crippen MR) is 55.2 cm³/mol. The fraction of sp³-hybridized carbons (Fsp3) is 0.571. The number of hydrogen-bond acceptors (Lipinski definition) is 5. The summed E-state index contributed by atoms with van der Waals surface area (Å²) in [6.07, 6.45) is -0.329. The van der Waals surface area contributed by atoms with E-state index in [1.165, 1.54) is 0 Å². The van der Waals surface area contributed by atoms with Crippen LogP contribution in [0.2, 0.25) is 0 Å². The summed E-state index contributed by atoms with van der Waals surface area (Å²) in [5.74, 6) is -2.75. The molecule has 1 unspecified atom stereocenters. The van der Waals surface area contributed by atoms with Gasteiger partial charge in [-0.2, -0.15) is 12.6 Å². The third-order valence-corrected chi connectivity index (χ3v) is 1.92. The molecule has 0 saturated heterocycles. The molecule has 8 heteroatoms. The summed E-state index contributed by atoms with van der Waals surface area (Å²) >= 11 is 3.74.